The number of amides is 1. The van der Waals surface area contributed by atoms with Crippen molar-refractivity contribution in [2.45, 2.75) is 6.42 Å². The number of anilines is 1. The predicted molar refractivity (Wildman–Crippen MR) is 76.1 cm³/mol. The standard InChI is InChI=1S/C15H16N2O3/c1-19-13-4-3-11(9-14(13)20-2)10-15(18)17-12-5-7-16-8-6-12/h3-9H,10H2,1-2H3,(H,16,17,18). The first-order chi connectivity index (χ1) is 9.72. The van der Waals surface area contributed by atoms with E-state index in [0.29, 0.717) is 11.5 Å². The van der Waals surface area contributed by atoms with Crippen molar-refractivity contribution >= 4 is 11.6 Å². The third kappa shape index (κ3) is 3.47. The Balaban J connectivity index is 2.04. The molecule has 1 heterocycles. The molecular formula is C15H16N2O3. The first-order valence-corrected chi connectivity index (χ1v) is 6.13. The molecule has 2 aromatic rings. The number of benzene rings is 1. The van der Waals surface area contributed by atoms with Gasteiger partial charge in [0, 0.05) is 18.1 Å². The van der Waals surface area contributed by atoms with Gasteiger partial charge in [0.2, 0.25) is 5.91 Å². The quantitative estimate of drug-likeness (QED) is 0.907. The second kappa shape index (κ2) is 6.56. The smallest absolute Gasteiger partial charge is 0.228 e. The molecule has 0 fully saturated rings. The van der Waals surface area contributed by atoms with Crippen molar-refractivity contribution in [1.29, 1.82) is 0 Å². The maximum Gasteiger partial charge on any atom is 0.228 e. The lowest BCUT2D eigenvalue weighted by Crippen LogP contribution is -2.14. The van der Waals surface area contributed by atoms with Crippen molar-refractivity contribution in [3.63, 3.8) is 0 Å². The monoisotopic (exact) mass is 272 g/mol. The highest BCUT2D eigenvalue weighted by atomic mass is 16.5. The summed E-state index contributed by atoms with van der Waals surface area (Å²) < 4.78 is 10.4. The third-order valence-corrected chi connectivity index (χ3v) is 2.78. The van der Waals surface area contributed by atoms with Gasteiger partial charge < -0.3 is 14.8 Å². The molecule has 1 aromatic heterocycles. The second-order valence-corrected chi connectivity index (χ2v) is 4.15. The van der Waals surface area contributed by atoms with Gasteiger partial charge in [-0.3, -0.25) is 9.78 Å². The van der Waals surface area contributed by atoms with Gasteiger partial charge in [0.15, 0.2) is 11.5 Å². The van der Waals surface area contributed by atoms with Crippen molar-refractivity contribution in [2.75, 3.05) is 19.5 Å². The number of pyridine rings is 1. The van der Waals surface area contributed by atoms with E-state index < -0.39 is 0 Å². The molecule has 0 saturated heterocycles. The molecule has 0 aliphatic rings. The number of hydrogen-bond acceptors (Lipinski definition) is 4. The van der Waals surface area contributed by atoms with Crippen LogP contribution in [0.1, 0.15) is 5.56 Å². The number of carbonyl (C=O) groups is 1. The van der Waals surface area contributed by atoms with Gasteiger partial charge in [-0.1, -0.05) is 6.07 Å². The minimum absolute atomic E-state index is 0.0941. The topological polar surface area (TPSA) is 60.5 Å². The van der Waals surface area contributed by atoms with Crippen LogP contribution in [0.25, 0.3) is 0 Å². The van der Waals surface area contributed by atoms with Gasteiger partial charge in [-0.15, -0.1) is 0 Å². The maximum atomic E-state index is 11.9. The Kier molecular flexibility index (Phi) is 4.55. The maximum absolute atomic E-state index is 11.9. The SMILES string of the molecule is COc1ccc(CC(=O)Nc2ccncc2)cc1OC. The van der Waals surface area contributed by atoms with Gasteiger partial charge in [-0.25, -0.2) is 0 Å². The number of methoxy groups -OCH3 is 2. The average molecular weight is 272 g/mol. The molecule has 1 N–H and O–H groups in total. The summed E-state index contributed by atoms with van der Waals surface area (Å²) >= 11 is 0. The fourth-order valence-electron chi connectivity index (χ4n) is 1.82. The Hall–Kier alpha value is -2.56. The molecule has 2 rings (SSSR count). The fraction of sp³-hybridized carbons (Fsp3) is 0.200. The first-order valence-electron chi connectivity index (χ1n) is 6.13. The highest BCUT2D eigenvalue weighted by Gasteiger charge is 2.08. The molecule has 0 radical (unpaired) electrons. The molecule has 1 aromatic carbocycles. The first kappa shape index (κ1) is 13.9. The summed E-state index contributed by atoms with van der Waals surface area (Å²) in [6.45, 7) is 0. The number of nitrogens with zero attached hydrogens (tertiary/aromatic N) is 1. The van der Waals surface area contributed by atoms with Crippen molar-refractivity contribution < 1.29 is 14.3 Å². The summed E-state index contributed by atoms with van der Waals surface area (Å²) in [6.07, 6.45) is 3.53. The number of carbonyl (C=O) groups excluding carboxylic acids is 1. The Morgan fingerprint density at radius 3 is 2.45 bits per heavy atom. The molecule has 5 heteroatoms. The van der Waals surface area contributed by atoms with E-state index in [1.54, 1.807) is 50.9 Å². The Bertz CT molecular complexity index is 585. The van der Waals surface area contributed by atoms with E-state index in [0.717, 1.165) is 11.3 Å². The molecule has 0 bridgehead atoms. The molecule has 0 spiro atoms. The second-order valence-electron chi connectivity index (χ2n) is 4.15. The lowest BCUT2D eigenvalue weighted by atomic mass is 10.1. The van der Waals surface area contributed by atoms with Crippen LogP contribution in [0.4, 0.5) is 5.69 Å². The summed E-state index contributed by atoms with van der Waals surface area (Å²) in [4.78, 5) is 15.8. The van der Waals surface area contributed by atoms with E-state index in [-0.39, 0.29) is 12.3 Å². The predicted octanol–water partition coefficient (Wildman–Crippen LogP) is 2.28. The van der Waals surface area contributed by atoms with Crippen molar-refractivity contribution in [3.8, 4) is 11.5 Å². The highest BCUT2D eigenvalue weighted by Crippen LogP contribution is 2.27. The van der Waals surface area contributed by atoms with Gasteiger partial charge in [-0.05, 0) is 29.8 Å². The van der Waals surface area contributed by atoms with Crippen LogP contribution in [0.3, 0.4) is 0 Å². The van der Waals surface area contributed by atoms with E-state index in [4.69, 9.17) is 9.47 Å². The molecular weight excluding hydrogens is 256 g/mol. The van der Waals surface area contributed by atoms with Crippen LogP contribution in [-0.2, 0) is 11.2 Å². The van der Waals surface area contributed by atoms with Crippen molar-refractivity contribution in [3.05, 3.63) is 48.3 Å². The van der Waals surface area contributed by atoms with Crippen molar-refractivity contribution in [1.82, 2.24) is 4.98 Å². The molecule has 104 valence electrons. The van der Waals surface area contributed by atoms with E-state index in [1.807, 2.05) is 6.07 Å². The summed E-state index contributed by atoms with van der Waals surface area (Å²) in [5.41, 5.74) is 1.58. The summed E-state index contributed by atoms with van der Waals surface area (Å²) in [7, 11) is 3.15. The minimum atomic E-state index is -0.0941. The zero-order chi connectivity index (χ0) is 14.4. The molecule has 0 aliphatic heterocycles. The summed E-state index contributed by atoms with van der Waals surface area (Å²) in [5, 5.41) is 2.81. The van der Waals surface area contributed by atoms with Crippen LogP contribution in [0, 0.1) is 0 Å². The van der Waals surface area contributed by atoms with Gasteiger partial charge in [0.05, 0.1) is 20.6 Å². The summed E-state index contributed by atoms with van der Waals surface area (Å²) in [5.74, 6) is 1.16. The highest BCUT2D eigenvalue weighted by molar-refractivity contribution is 5.92. The Morgan fingerprint density at radius 2 is 1.80 bits per heavy atom. The van der Waals surface area contributed by atoms with Crippen LogP contribution in [0.2, 0.25) is 0 Å². The van der Waals surface area contributed by atoms with E-state index >= 15 is 0 Å². The number of ether oxygens (including phenoxy) is 2. The molecule has 0 saturated carbocycles. The third-order valence-electron chi connectivity index (χ3n) is 2.78. The number of rotatable bonds is 5. The molecule has 0 atom stereocenters. The fourth-order valence-corrected chi connectivity index (χ4v) is 1.82. The van der Waals surface area contributed by atoms with Gasteiger partial charge in [0.25, 0.3) is 0 Å². The normalized spacial score (nSPS) is 9.90. The van der Waals surface area contributed by atoms with E-state index in [1.165, 1.54) is 0 Å². The minimum Gasteiger partial charge on any atom is -0.493 e. The zero-order valence-electron chi connectivity index (χ0n) is 11.4. The Labute approximate surface area is 117 Å². The van der Waals surface area contributed by atoms with Gasteiger partial charge >= 0.3 is 0 Å². The van der Waals surface area contributed by atoms with Crippen molar-refractivity contribution in [2.24, 2.45) is 0 Å². The van der Waals surface area contributed by atoms with E-state index in [2.05, 4.69) is 10.3 Å². The van der Waals surface area contributed by atoms with Gasteiger partial charge in [0.1, 0.15) is 0 Å². The van der Waals surface area contributed by atoms with Crippen LogP contribution in [0.15, 0.2) is 42.7 Å². The van der Waals surface area contributed by atoms with Crippen LogP contribution in [0.5, 0.6) is 11.5 Å². The van der Waals surface area contributed by atoms with Crippen LogP contribution >= 0.6 is 0 Å². The number of nitrogens with one attached hydrogen (secondary N) is 1. The molecule has 5 nitrogen and oxygen atoms in total. The Morgan fingerprint density at radius 1 is 1.10 bits per heavy atom. The number of aromatic nitrogens is 1. The zero-order valence-corrected chi connectivity index (χ0v) is 11.4. The average Bonchev–Trinajstić information content (AvgIpc) is 2.48. The lowest BCUT2D eigenvalue weighted by Gasteiger charge is -2.09. The van der Waals surface area contributed by atoms with Crippen LogP contribution < -0.4 is 14.8 Å². The van der Waals surface area contributed by atoms with E-state index in [9.17, 15) is 4.79 Å². The largest absolute Gasteiger partial charge is 0.493 e. The molecule has 20 heavy (non-hydrogen) atoms. The number of hydrogen-bond donors (Lipinski definition) is 1. The molecule has 0 unspecified atom stereocenters. The molecule has 1 amide bonds. The lowest BCUT2D eigenvalue weighted by molar-refractivity contribution is -0.115. The summed E-state index contributed by atoms with van der Waals surface area (Å²) in [6, 6.07) is 8.91. The van der Waals surface area contributed by atoms with Gasteiger partial charge in [-0.2, -0.15) is 0 Å². The van der Waals surface area contributed by atoms with Crippen LogP contribution in [-0.4, -0.2) is 25.1 Å². The molecule has 0 aliphatic carbocycles.